The van der Waals surface area contributed by atoms with E-state index in [2.05, 4.69) is 31.1 Å². The number of benzene rings is 1. The lowest BCUT2D eigenvalue weighted by Gasteiger charge is -2.12. The molecule has 10 heteroatoms. The normalized spacial score (nSPS) is 11.1. The summed E-state index contributed by atoms with van der Waals surface area (Å²) < 4.78 is 1.90. The maximum absolute atomic E-state index is 12.2. The Hall–Kier alpha value is -2.40. The van der Waals surface area contributed by atoms with Crippen LogP contribution in [0, 0.1) is 6.92 Å². The molecule has 160 valence electrons. The SMILES string of the molecule is CCNC(=NCc1nnc2ccccn12)NCCC(=O)Nc1cccc(Cl)c1C.I. The second kappa shape index (κ2) is 11.7. The van der Waals surface area contributed by atoms with Gasteiger partial charge in [-0.2, -0.15) is 0 Å². The van der Waals surface area contributed by atoms with Gasteiger partial charge in [-0.05, 0) is 43.7 Å². The van der Waals surface area contributed by atoms with Crippen LogP contribution in [0.4, 0.5) is 5.69 Å². The molecule has 0 fully saturated rings. The van der Waals surface area contributed by atoms with E-state index in [1.807, 2.05) is 54.8 Å². The van der Waals surface area contributed by atoms with Crippen molar-refractivity contribution in [1.82, 2.24) is 25.2 Å². The zero-order chi connectivity index (χ0) is 20.6. The Balaban J connectivity index is 0.00000320. The number of guanidine groups is 1. The number of fused-ring (bicyclic) bond motifs is 1. The van der Waals surface area contributed by atoms with Gasteiger partial charge in [0, 0.05) is 36.4 Å². The second-order valence-electron chi connectivity index (χ2n) is 6.38. The Bertz CT molecular complexity index is 1020. The highest BCUT2D eigenvalue weighted by Gasteiger charge is 2.08. The van der Waals surface area contributed by atoms with Gasteiger partial charge in [0.2, 0.25) is 5.91 Å². The van der Waals surface area contributed by atoms with Crippen LogP contribution in [-0.2, 0) is 11.3 Å². The lowest BCUT2D eigenvalue weighted by atomic mass is 10.2. The van der Waals surface area contributed by atoms with E-state index in [0.29, 0.717) is 37.0 Å². The third-order valence-electron chi connectivity index (χ3n) is 4.29. The van der Waals surface area contributed by atoms with E-state index in [4.69, 9.17) is 11.6 Å². The van der Waals surface area contributed by atoms with Gasteiger partial charge in [0.1, 0.15) is 6.54 Å². The van der Waals surface area contributed by atoms with Crippen LogP contribution in [0.2, 0.25) is 5.02 Å². The van der Waals surface area contributed by atoms with E-state index in [1.54, 1.807) is 6.07 Å². The van der Waals surface area contributed by atoms with Crippen LogP contribution in [0.5, 0.6) is 0 Å². The zero-order valence-electron chi connectivity index (χ0n) is 16.9. The fraction of sp³-hybridized carbons (Fsp3) is 0.300. The standard InChI is InChI=1S/C20H24ClN7O.HI/c1-3-22-20(24-13-18-27-26-17-9-4-5-12-28(17)18)23-11-10-19(29)25-16-8-6-7-15(21)14(16)2;/h4-9,12H,3,10-11,13H2,1-2H3,(H,25,29)(H2,22,23,24);1H. The Morgan fingerprint density at radius 2 is 2.00 bits per heavy atom. The molecular formula is C20H25ClIN7O. The number of pyridine rings is 1. The summed E-state index contributed by atoms with van der Waals surface area (Å²) in [6.45, 7) is 5.38. The molecule has 1 aromatic carbocycles. The van der Waals surface area contributed by atoms with Crippen LogP contribution in [0.15, 0.2) is 47.6 Å². The Morgan fingerprint density at radius 1 is 1.17 bits per heavy atom. The average molecular weight is 542 g/mol. The molecule has 3 aromatic rings. The fourth-order valence-corrected chi connectivity index (χ4v) is 2.91. The predicted molar refractivity (Wildman–Crippen MR) is 131 cm³/mol. The van der Waals surface area contributed by atoms with E-state index in [-0.39, 0.29) is 29.9 Å². The zero-order valence-corrected chi connectivity index (χ0v) is 19.9. The van der Waals surface area contributed by atoms with Gasteiger partial charge in [-0.3, -0.25) is 9.20 Å². The number of nitrogens with zero attached hydrogens (tertiary/aromatic N) is 4. The number of nitrogens with one attached hydrogen (secondary N) is 3. The summed E-state index contributed by atoms with van der Waals surface area (Å²) in [4.78, 5) is 16.8. The molecule has 0 aliphatic heterocycles. The molecule has 0 radical (unpaired) electrons. The Labute approximate surface area is 197 Å². The highest BCUT2D eigenvalue weighted by molar-refractivity contribution is 14.0. The molecule has 0 aliphatic carbocycles. The molecule has 0 bridgehead atoms. The van der Waals surface area contributed by atoms with Crippen molar-refractivity contribution in [3.63, 3.8) is 0 Å². The Kier molecular flexibility index (Phi) is 9.31. The van der Waals surface area contributed by atoms with Crippen molar-refractivity contribution < 1.29 is 4.79 Å². The molecule has 3 rings (SSSR count). The smallest absolute Gasteiger partial charge is 0.226 e. The van der Waals surface area contributed by atoms with Crippen molar-refractivity contribution in [1.29, 1.82) is 0 Å². The summed E-state index contributed by atoms with van der Waals surface area (Å²) in [6.07, 6.45) is 2.20. The third-order valence-corrected chi connectivity index (χ3v) is 4.70. The number of amides is 1. The largest absolute Gasteiger partial charge is 0.357 e. The second-order valence-corrected chi connectivity index (χ2v) is 6.78. The summed E-state index contributed by atoms with van der Waals surface area (Å²) in [6, 6.07) is 11.2. The minimum atomic E-state index is -0.0952. The number of aliphatic imine (C=N–C) groups is 1. The number of hydrogen-bond acceptors (Lipinski definition) is 4. The van der Waals surface area contributed by atoms with Crippen LogP contribution >= 0.6 is 35.6 Å². The summed E-state index contributed by atoms with van der Waals surface area (Å²) in [5, 5.41) is 18.1. The fourth-order valence-electron chi connectivity index (χ4n) is 2.74. The molecule has 2 aromatic heterocycles. The van der Waals surface area contributed by atoms with Gasteiger partial charge in [-0.15, -0.1) is 34.2 Å². The molecular weight excluding hydrogens is 517 g/mol. The maximum Gasteiger partial charge on any atom is 0.226 e. The topological polar surface area (TPSA) is 95.7 Å². The van der Waals surface area contributed by atoms with Crippen molar-refractivity contribution in [3.05, 3.63) is 59.0 Å². The summed E-state index contributed by atoms with van der Waals surface area (Å²) in [5.41, 5.74) is 2.36. The van der Waals surface area contributed by atoms with E-state index in [0.717, 1.165) is 22.7 Å². The monoisotopic (exact) mass is 541 g/mol. The van der Waals surface area contributed by atoms with Crippen LogP contribution in [-0.4, -0.2) is 39.6 Å². The lowest BCUT2D eigenvalue weighted by molar-refractivity contribution is -0.116. The maximum atomic E-state index is 12.2. The molecule has 1 amide bonds. The first-order chi connectivity index (χ1) is 14.1. The first-order valence-electron chi connectivity index (χ1n) is 9.44. The molecule has 0 atom stereocenters. The van der Waals surface area contributed by atoms with E-state index in [9.17, 15) is 4.79 Å². The van der Waals surface area contributed by atoms with Crippen molar-refractivity contribution in [2.24, 2.45) is 4.99 Å². The molecule has 0 spiro atoms. The molecule has 3 N–H and O–H groups in total. The van der Waals surface area contributed by atoms with Crippen molar-refractivity contribution in [2.75, 3.05) is 18.4 Å². The van der Waals surface area contributed by atoms with Crippen LogP contribution in [0.3, 0.4) is 0 Å². The minimum absolute atomic E-state index is 0. The number of rotatable bonds is 7. The van der Waals surface area contributed by atoms with E-state index >= 15 is 0 Å². The van der Waals surface area contributed by atoms with Gasteiger partial charge in [0.15, 0.2) is 17.4 Å². The molecule has 30 heavy (non-hydrogen) atoms. The predicted octanol–water partition coefficient (Wildman–Crippen LogP) is 3.39. The third kappa shape index (κ3) is 6.30. The van der Waals surface area contributed by atoms with Gasteiger partial charge in [-0.1, -0.05) is 23.7 Å². The van der Waals surface area contributed by atoms with Gasteiger partial charge >= 0.3 is 0 Å². The minimum Gasteiger partial charge on any atom is -0.357 e. The van der Waals surface area contributed by atoms with E-state index < -0.39 is 0 Å². The van der Waals surface area contributed by atoms with Crippen molar-refractivity contribution in [3.8, 4) is 0 Å². The first kappa shape index (κ1) is 23.9. The molecule has 0 saturated carbocycles. The summed E-state index contributed by atoms with van der Waals surface area (Å²) in [7, 11) is 0. The highest BCUT2D eigenvalue weighted by Crippen LogP contribution is 2.22. The van der Waals surface area contributed by atoms with Gasteiger partial charge in [0.05, 0.1) is 0 Å². The number of halogens is 2. The number of carbonyl (C=O) groups is 1. The van der Waals surface area contributed by atoms with E-state index in [1.165, 1.54) is 0 Å². The summed E-state index contributed by atoms with van der Waals surface area (Å²) >= 11 is 6.09. The summed E-state index contributed by atoms with van der Waals surface area (Å²) in [5.74, 6) is 1.26. The van der Waals surface area contributed by atoms with Gasteiger partial charge in [-0.25, -0.2) is 4.99 Å². The number of carbonyl (C=O) groups excluding carboxylic acids is 1. The molecule has 0 unspecified atom stereocenters. The van der Waals surface area contributed by atoms with Crippen molar-refractivity contribution in [2.45, 2.75) is 26.8 Å². The van der Waals surface area contributed by atoms with Crippen LogP contribution in [0.1, 0.15) is 24.7 Å². The van der Waals surface area contributed by atoms with Crippen molar-refractivity contribution >= 4 is 58.8 Å². The molecule has 0 aliphatic rings. The lowest BCUT2D eigenvalue weighted by Crippen LogP contribution is -2.38. The Morgan fingerprint density at radius 3 is 2.80 bits per heavy atom. The van der Waals surface area contributed by atoms with Crippen LogP contribution < -0.4 is 16.0 Å². The molecule has 2 heterocycles. The first-order valence-corrected chi connectivity index (χ1v) is 9.82. The van der Waals surface area contributed by atoms with Gasteiger partial charge < -0.3 is 16.0 Å². The highest BCUT2D eigenvalue weighted by atomic mass is 127. The quantitative estimate of drug-likeness (QED) is 0.242. The molecule has 0 saturated heterocycles. The average Bonchev–Trinajstić information content (AvgIpc) is 3.13. The number of anilines is 1. The number of aromatic nitrogens is 3. The van der Waals surface area contributed by atoms with Crippen LogP contribution in [0.25, 0.3) is 5.65 Å². The van der Waals surface area contributed by atoms with Gasteiger partial charge in [0.25, 0.3) is 0 Å². The molecule has 8 nitrogen and oxygen atoms in total. The number of hydrogen-bond donors (Lipinski definition) is 3.